The molecule has 1 N–H and O–H groups in total. The number of rotatable bonds is 3. The van der Waals surface area contributed by atoms with Crippen molar-refractivity contribution in [3.8, 4) is 0 Å². The first-order valence-electron chi connectivity index (χ1n) is 6.38. The number of amides is 1. The highest BCUT2D eigenvalue weighted by atomic mass is 16.6. The van der Waals surface area contributed by atoms with E-state index in [1.807, 2.05) is 20.8 Å². The summed E-state index contributed by atoms with van der Waals surface area (Å²) in [7, 11) is 0. The van der Waals surface area contributed by atoms with E-state index in [-0.39, 0.29) is 24.3 Å². The predicted molar refractivity (Wildman–Crippen MR) is 65.4 cm³/mol. The minimum Gasteiger partial charge on any atom is -0.459 e. The van der Waals surface area contributed by atoms with E-state index in [1.165, 1.54) is 6.42 Å². The normalized spacial score (nSPS) is 17.6. The molecule has 0 radical (unpaired) electrons. The fourth-order valence-electron chi connectivity index (χ4n) is 2.05. The zero-order chi connectivity index (χ0) is 12.9. The summed E-state index contributed by atoms with van der Waals surface area (Å²) in [6.45, 7) is 5.42. The van der Waals surface area contributed by atoms with Crippen LogP contribution in [0.15, 0.2) is 0 Å². The summed E-state index contributed by atoms with van der Waals surface area (Å²) in [4.78, 5) is 23.2. The molecule has 98 valence electrons. The van der Waals surface area contributed by atoms with Crippen LogP contribution in [0, 0.1) is 5.92 Å². The number of carbonyl (C=O) groups is 2. The molecule has 0 aromatic carbocycles. The number of nitrogens with one attached hydrogen (secondary N) is 1. The lowest BCUT2D eigenvalue weighted by atomic mass is 9.89. The molecule has 0 aromatic heterocycles. The van der Waals surface area contributed by atoms with Gasteiger partial charge < -0.3 is 10.1 Å². The van der Waals surface area contributed by atoms with Crippen LogP contribution in [0.3, 0.4) is 0 Å². The molecule has 0 aliphatic heterocycles. The molecule has 1 aliphatic rings. The second-order valence-electron chi connectivity index (χ2n) is 5.64. The van der Waals surface area contributed by atoms with Crippen molar-refractivity contribution in [1.29, 1.82) is 0 Å². The van der Waals surface area contributed by atoms with Gasteiger partial charge in [-0.1, -0.05) is 19.3 Å². The molecule has 1 aliphatic carbocycles. The van der Waals surface area contributed by atoms with E-state index in [0.29, 0.717) is 0 Å². The van der Waals surface area contributed by atoms with Crippen molar-refractivity contribution < 1.29 is 14.3 Å². The van der Waals surface area contributed by atoms with Gasteiger partial charge in [-0.2, -0.15) is 0 Å². The highest BCUT2D eigenvalue weighted by Crippen LogP contribution is 2.23. The average Bonchev–Trinajstić information content (AvgIpc) is 2.25. The molecular weight excluding hydrogens is 218 g/mol. The van der Waals surface area contributed by atoms with Gasteiger partial charge in [0, 0.05) is 5.92 Å². The molecule has 1 rings (SSSR count). The Morgan fingerprint density at radius 3 is 2.29 bits per heavy atom. The summed E-state index contributed by atoms with van der Waals surface area (Å²) >= 11 is 0. The number of carbonyl (C=O) groups excluding carboxylic acids is 2. The number of hydrogen-bond donors (Lipinski definition) is 1. The maximum absolute atomic E-state index is 11.7. The van der Waals surface area contributed by atoms with Crippen LogP contribution in [0.4, 0.5) is 0 Å². The van der Waals surface area contributed by atoms with Gasteiger partial charge in [-0.3, -0.25) is 9.59 Å². The van der Waals surface area contributed by atoms with Gasteiger partial charge >= 0.3 is 5.97 Å². The molecule has 0 atom stereocenters. The maximum atomic E-state index is 11.7. The van der Waals surface area contributed by atoms with Gasteiger partial charge in [-0.15, -0.1) is 0 Å². The van der Waals surface area contributed by atoms with Crippen molar-refractivity contribution >= 4 is 11.9 Å². The Bertz CT molecular complexity index is 275. The van der Waals surface area contributed by atoms with E-state index in [2.05, 4.69) is 5.32 Å². The molecule has 4 nitrogen and oxygen atoms in total. The van der Waals surface area contributed by atoms with E-state index < -0.39 is 5.60 Å². The average molecular weight is 241 g/mol. The van der Waals surface area contributed by atoms with Crippen LogP contribution in [-0.4, -0.2) is 24.0 Å². The third-order valence-electron chi connectivity index (χ3n) is 2.80. The van der Waals surface area contributed by atoms with Gasteiger partial charge in [0.15, 0.2) is 0 Å². The quantitative estimate of drug-likeness (QED) is 0.769. The van der Waals surface area contributed by atoms with Crippen molar-refractivity contribution in [3.63, 3.8) is 0 Å². The van der Waals surface area contributed by atoms with Gasteiger partial charge in [-0.25, -0.2) is 0 Å². The minimum absolute atomic E-state index is 0.00411. The van der Waals surface area contributed by atoms with E-state index in [1.54, 1.807) is 0 Å². The van der Waals surface area contributed by atoms with Crippen molar-refractivity contribution in [2.24, 2.45) is 5.92 Å². The third-order valence-corrected chi connectivity index (χ3v) is 2.80. The van der Waals surface area contributed by atoms with E-state index in [9.17, 15) is 9.59 Å². The van der Waals surface area contributed by atoms with Crippen LogP contribution in [0.25, 0.3) is 0 Å². The number of hydrogen-bond acceptors (Lipinski definition) is 3. The minimum atomic E-state index is -0.493. The molecule has 4 heteroatoms. The van der Waals surface area contributed by atoms with Gasteiger partial charge in [0.2, 0.25) is 5.91 Å². The Hall–Kier alpha value is -1.06. The van der Waals surface area contributed by atoms with Crippen LogP contribution in [0.5, 0.6) is 0 Å². The molecule has 0 aromatic rings. The summed E-state index contributed by atoms with van der Waals surface area (Å²) in [5.74, 6) is -0.289. The SMILES string of the molecule is CC(C)(C)OC(=O)CNC(=O)C1CCCCC1. The molecule has 0 heterocycles. The van der Waals surface area contributed by atoms with Gasteiger partial charge in [-0.05, 0) is 33.6 Å². The molecule has 1 saturated carbocycles. The van der Waals surface area contributed by atoms with Crippen molar-refractivity contribution in [2.75, 3.05) is 6.54 Å². The monoisotopic (exact) mass is 241 g/mol. The Labute approximate surface area is 103 Å². The van der Waals surface area contributed by atoms with Gasteiger partial charge in [0.25, 0.3) is 0 Å². The first kappa shape index (κ1) is 14.0. The van der Waals surface area contributed by atoms with Crippen molar-refractivity contribution in [3.05, 3.63) is 0 Å². The maximum Gasteiger partial charge on any atom is 0.325 e. The third kappa shape index (κ3) is 5.71. The van der Waals surface area contributed by atoms with Crippen LogP contribution in [-0.2, 0) is 14.3 Å². The summed E-state index contributed by atoms with van der Waals surface area (Å²) in [6.07, 6.45) is 5.34. The first-order valence-corrected chi connectivity index (χ1v) is 6.38. The second kappa shape index (κ2) is 6.03. The molecule has 0 bridgehead atoms. The second-order valence-corrected chi connectivity index (χ2v) is 5.64. The zero-order valence-corrected chi connectivity index (χ0v) is 11.0. The molecule has 17 heavy (non-hydrogen) atoms. The lowest BCUT2D eigenvalue weighted by Crippen LogP contribution is -2.38. The molecule has 1 amide bonds. The van der Waals surface area contributed by atoms with E-state index in [4.69, 9.17) is 4.74 Å². The van der Waals surface area contributed by atoms with E-state index in [0.717, 1.165) is 25.7 Å². The lowest BCUT2D eigenvalue weighted by molar-refractivity contribution is -0.154. The topological polar surface area (TPSA) is 55.4 Å². The first-order chi connectivity index (χ1) is 7.88. The Morgan fingerprint density at radius 1 is 1.18 bits per heavy atom. The largest absolute Gasteiger partial charge is 0.459 e. The summed E-state index contributed by atoms with van der Waals surface area (Å²) in [5, 5.41) is 2.66. The Morgan fingerprint density at radius 2 is 1.76 bits per heavy atom. The summed E-state index contributed by atoms with van der Waals surface area (Å²) in [5.41, 5.74) is -0.493. The molecular formula is C13H23NO3. The van der Waals surface area contributed by atoms with Crippen molar-refractivity contribution in [2.45, 2.75) is 58.5 Å². The highest BCUT2D eigenvalue weighted by Gasteiger charge is 2.22. The van der Waals surface area contributed by atoms with Gasteiger partial charge in [0.05, 0.1) is 0 Å². The van der Waals surface area contributed by atoms with Crippen LogP contribution >= 0.6 is 0 Å². The standard InChI is InChI=1S/C13H23NO3/c1-13(2,3)17-11(15)9-14-12(16)10-7-5-4-6-8-10/h10H,4-9H2,1-3H3,(H,14,16). The lowest BCUT2D eigenvalue weighted by Gasteiger charge is -2.22. The number of esters is 1. The van der Waals surface area contributed by atoms with Crippen LogP contribution in [0.1, 0.15) is 52.9 Å². The van der Waals surface area contributed by atoms with Gasteiger partial charge in [0.1, 0.15) is 12.1 Å². The molecule has 0 unspecified atom stereocenters. The zero-order valence-electron chi connectivity index (χ0n) is 11.0. The molecule has 0 saturated heterocycles. The summed E-state index contributed by atoms with van der Waals surface area (Å²) < 4.78 is 5.12. The van der Waals surface area contributed by atoms with Crippen LogP contribution in [0.2, 0.25) is 0 Å². The molecule has 0 spiro atoms. The summed E-state index contributed by atoms with van der Waals surface area (Å²) in [6, 6.07) is 0. The predicted octanol–water partition coefficient (Wildman–Crippen LogP) is 2.02. The van der Waals surface area contributed by atoms with Crippen LogP contribution < -0.4 is 5.32 Å². The van der Waals surface area contributed by atoms with E-state index >= 15 is 0 Å². The smallest absolute Gasteiger partial charge is 0.325 e. The molecule has 1 fully saturated rings. The highest BCUT2D eigenvalue weighted by molar-refractivity contribution is 5.83. The Kier molecular flexibility index (Phi) is 4.97. The fraction of sp³-hybridized carbons (Fsp3) is 0.846. The van der Waals surface area contributed by atoms with Crippen molar-refractivity contribution in [1.82, 2.24) is 5.32 Å². The Balaban J connectivity index is 2.25. The fourth-order valence-corrected chi connectivity index (χ4v) is 2.05. The number of ether oxygens (including phenoxy) is 1.